The minimum atomic E-state index is 0.468. The molecule has 0 radical (unpaired) electrons. The van der Waals surface area contributed by atoms with Crippen molar-refractivity contribution in [3.8, 4) is 16.9 Å². The van der Waals surface area contributed by atoms with Crippen LogP contribution >= 0.6 is 11.6 Å². The number of aromatic nitrogens is 4. The molecular weight excluding hydrogens is 262 g/mol. The fourth-order valence-electron chi connectivity index (χ4n) is 1.77. The summed E-state index contributed by atoms with van der Waals surface area (Å²) in [5.74, 6) is 0.468. The van der Waals surface area contributed by atoms with Crippen LogP contribution in [0.2, 0.25) is 5.02 Å². The number of anilines is 1. The van der Waals surface area contributed by atoms with E-state index in [0.717, 1.165) is 11.3 Å². The van der Waals surface area contributed by atoms with E-state index >= 15 is 0 Å². The van der Waals surface area contributed by atoms with E-state index in [1.807, 2.05) is 24.3 Å². The maximum absolute atomic E-state index is 6.08. The highest BCUT2D eigenvalue weighted by atomic mass is 35.5. The summed E-state index contributed by atoms with van der Waals surface area (Å²) in [6.07, 6.45) is 3.40. The van der Waals surface area contributed by atoms with Crippen molar-refractivity contribution in [2.75, 3.05) is 5.73 Å². The number of hydrogen-bond donors (Lipinski definition) is 1. The molecule has 1 aromatic carbocycles. The van der Waals surface area contributed by atoms with Crippen LogP contribution in [0.3, 0.4) is 0 Å². The van der Waals surface area contributed by atoms with Crippen LogP contribution in [0.5, 0.6) is 0 Å². The monoisotopic (exact) mass is 271 g/mol. The second-order valence-corrected chi connectivity index (χ2v) is 4.39. The molecule has 0 saturated heterocycles. The molecule has 0 spiro atoms. The van der Waals surface area contributed by atoms with Crippen LogP contribution in [-0.2, 0) is 0 Å². The topological polar surface area (TPSA) is 69.6 Å². The molecule has 19 heavy (non-hydrogen) atoms. The third kappa shape index (κ3) is 2.15. The van der Waals surface area contributed by atoms with Gasteiger partial charge in [0.2, 0.25) is 0 Å². The Labute approximate surface area is 114 Å². The normalized spacial score (nSPS) is 10.6. The van der Waals surface area contributed by atoms with E-state index in [4.69, 9.17) is 17.3 Å². The van der Waals surface area contributed by atoms with E-state index in [1.165, 1.54) is 0 Å². The fourth-order valence-corrected chi connectivity index (χ4v) is 1.90. The second-order valence-electron chi connectivity index (χ2n) is 3.95. The first-order chi connectivity index (χ1) is 9.25. The van der Waals surface area contributed by atoms with Gasteiger partial charge < -0.3 is 5.73 Å². The van der Waals surface area contributed by atoms with Crippen LogP contribution < -0.4 is 5.73 Å². The Kier molecular flexibility index (Phi) is 2.89. The highest BCUT2D eigenvalue weighted by molar-refractivity contribution is 6.30. The number of rotatable bonds is 2. The molecule has 0 aliphatic carbocycles. The number of nitrogens with two attached hydrogens (primary N) is 1. The average molecular weight is 272 g/mol. The zero-order chi connectivity index (χ0) is 13.2. The Morgan fingerprint density at radius 1 is 1.11 bits per heavy atom. The first kappa shape index (κ1) is 11.7. The van der Waals surface area contributed by atoms with Crippen molar-refractivity contribution in [3.05, 3.63) is 53.8 Å². The Morgan fingerprint density at radius 3 is 2.58 bits per heavy atom. The average Bonchev–Trinajstić information content (AvgIpc) is 2.83. The van der Waals surface area contributed by atoms with Crippen molar-refractivity contribution in [1.29, 1.82) is 0 Å². The molecule has 94 valence electrons. The molecule has 6 heteroatoms. The van der Waals surface area contributed by atoms with E-state index in [1.54, 1.807) is 29.2 Å². The van der Waals surface area contributed by atoms with Crippen LogP contribution in [-0.4, -0.2) is 20.0 Å². The number of nitrogens with zero attached hydrogens (tertiary/aromatic N) is 4. The van der Waals surface area contributed by atoms with Crippen molar-refractivity contribution in [1.82, 2.24) is 20.0 Å². The molecule has 2 aromatic heterocycles. The van der Waals surface area contributed by atoms with Gasteiger partial charge in [-0.15, -0.1) is 5.10 Å². The standard InChI is InChI=1S/C13H10ClN5/c14-10-3-5-11(6-4-10)19-13(15)12(17-18-19)9-2-1-7-16-8-9/h1-8H,15H2. The second kappa shape index (κ2) is 4.70. The summed E-state index contributed by atoms with van der Waals surface area (Å²) in [7, 11) is 0. The van der Waals surface area contributed by atoms with E-state index in [2.05, 4.69) is 15.3 Å². The van der Waals surface area contributed by atoms with Gasteiger partial charge in [0.1, 0.15) is 5.69 Å². The summed E-state index contributed by atoms with van der Waals surface area (Å²) in [6.45, 7) is 0. The van der Waals surface area contributed by atoms with E-state index in [0.29, 0.717) is 16.5 Å². The minimum absolute atomic E-state index is 0.468. The van der Waals surface area contributed by atoms with Gasteiger partial charge >= 0.3 is 0 Å². The summed E-state index contributed by atoms with van der Waals surface area (Å²) >= 11 is 5.86. The van der Waals surface area contributed by atoms with Crippen molar-refractivity contribution in [2.45, 2.75) is 0 Å². The predicted molar refractivity (Wildman–Crippen MR) is 74.0 cm³/mol. The lowest BCUT2D eigenvalue weighted by atomic mass is 10.2. The van der Waals surface area contributed by atoms with Crippen LogP contribution in [0.25, 0.3) is 16.9 Å². The molecule has 0 fully saturated rings. The first-order valence-corrected chi connectivity index (χ1v) is 6.01. The molecule has 0 aliphatic heterocycles. The summed E-state index contributed by atoms with van der Waals surface area (Å²) in [6, 6.07) is 10.9. The molecule has 2 N–H and O–H groups in total. The third-order valence-electron chi connectivity index (χ3n) is 2.71. The molecule has 5 nitrogen and oxygen atoms in total. The summed E-state index contributed by atoms with van der Waals surface area (Å²) in [5.41, 5.74) is 8.34. The lowest BCUT2D eigenvalue weighted by molar-refractivity contribution is 0.810. The molecule has 3 rings (SSSR count). The third-order valence-corrected chi connectivity index (χ3v) is 2.96. The maximum atomic E-state index is 6.08. The van der Waals surface area contributed by atoms with Gasteiger partial charge in [0.15, 0.2) is 5.82 Å². The van der Waals surface area contributed by atoms with E-state index in [9.17, 15) is 0 Å². The van der Waals surface area contributed by atoms with Gasteiger partial charge in [-0.2, -0.15) is 4.68 Å². The quantitative estimate of drug-likeness (QED) is 0.778. The summed E-state index contributed by atoms with van der Waals surface area (Å²) in [5, 5.41) is 8.82. The van der Waals surface area contributed by atoms with Crippen LogP contribution in [0.1, 0.15) is 0 Å². The SMILES string of the molecule is Nc1c(-c2cccnc2)nnn1-c1ccc(Cl)cc1. The fraction of sp³-hybridized carbons (Fsp3) is 0. The van der Waals surface area contributed by atoms with Crippen molar-refractivity contribution in [3.63, 3.8) is 0 Å². The number of pyridine rings is 1. The lowest BCUT2D eigenvalue weighted by Gasteiger charge is -2.03. The number of nitrogen functional groups attached to an aromatic ring is 1. The van der Waals surface area contributed by atoms with Gasteiger partial charge in [0, 0.05) is 23.0 Å². The minimum Gasteiger partial charge on any atom is -0.382 e. The Morgan fingerprint density at radius 2 is 1.89 bits per heavy atom. The van der Waals surface area contributed by atoms with Gasteiger partial charge in [-0.25, -0.2) is 0 Å². The number of benzene rings is 1. The largest absolute Gasteiger partial charge is 0.382 e. The van der Waals surface area contributed by atoms with Gasteiger partial charge in [-0.1, -0.05) is 16.8 Å². The molecule has 0 amide bonds. The molecule has 3 aromatic rings. The van der Waals surface area contributed by atoms with Gasteiger partial charge in [-0.3, -0.25) is 4.98 Å². The molecule has 0 atom stereocenters. The van der Waals surface area contributed by atoms with Crippen molar-refractivity contribution < 1.29 is 0 Å². The summed E-state index contributed by atoms with van der Waals surface area (Å²) in [4.78, 5) is 4.05. The zero-order valence-electron chi connectivity index (χ0n) is 9.86. The van der Waals surface area contributed by atoms with Gasteiger partial charge in [-0.05, 0) is 36.4 Å². The zero-order valence-corrected chi connectivity index (χ0v) is 10.6. The molecule has 0 unspecified atom stereocenters. The Bertz CT molecular complexity index is 691. The maximum Gasteiger partial charge on any atom is 0.155 e. The highest BCUT2D eigenvalue weighted by Crippen LogP contribution is 2.24. The number of halogens is 1. The highest BCUT2D eigenvalue weighted by Gasteiger charge is 2.12. The molecule has 0 aliphatic rings. The van der Waals surface area contributed by atoms with Crippen LogP contribution in [0.4, 0.5) is 5.82 Å². The van der Waals surface area contributed by atoms with Crippen molar-refractivity contribution in [2.24, 2.45) is 0 Å². The van der Waals surface area contributed by atoms with Crippen LogP contribution in [0.15, 0.2) is 48.8 Å². The lowest BCUT2D eigenvalue weighted by Crippen LogP contribution is -2.02. The first-order valence-electron chi connectivity index (χ1n) is 5.63. The number of hydrogen-bond acceptors (Lipinski definition) is 4. The smallest absolute Gasteiger partial charge is 0.155 e. The molecule has 2 heterocycles. The Hall–Kier alpha value is -2.40. The van der Waals surface area contributed by atoms with Crippen LogP contribution in [0, 0.1) is 0 Å². The molecule has 0 saturated carbocycles. The molecule has 0 bridgehead atoms. The van der Waals surface area contributed by atoms with E-state index in [-0.39, 0.29) is 0 Å². The van der Waals surface area contributed by atoms with Gasteiger partial charge in [0.25, 0.3) is 0 Å². The van der Waals surface area contributed by atoms with Crippen molar-refractivity contribution >= 4 is 17.4 Å². The van der Waals surface area contributed by atoms with Gasteiger partial charge in [0.05, 0.1) is 5.69 Å². The summed E-state index contributed by atoms with van der Waals surface area (Å²) < 4.78 is 1.57. The Balaban J connectivity index is 2.06. The molecular formula is C13H10ClN5. The van der Waals surface area contributed by atoms with E-state index < -0.39 is 0 Å². The predicted octanol–water partition coefficient (Wildman–Crippen LogP) is 2.56.